The van der Waals surface area contributed by atoms with Crippen LogP contribution in [-0.4, -0.2) is 48.3 Å². The molecule has 0 bridgehead atoms. The predicted molar refractivity (Wildman–Crippen MR) is 57.5 cm³/mol. The Kier molecular flexibility index (Phi) is 5.05. The monoisotopic (exact) mass is 215 g/mol. The highest BCUT2D eigenvalue weighted by Gasteiger charge is 2.29. The van der Waals surface area contributed by atoms with Gasteiger partial charge in [-0.3, -0.25) is 4.79 Å². The first-order chi connectivity index (χ1) is 7.20. The summed E-state index contributed by atoms with van der Waals surface area (Å²) in [6, 6.07) is -0.148. The van der Waals surface area contributed by atoms with Crippen LogP contribution < -0.4 is 0 Å². The topological polar surface area (TPSA) is 49.8 Å². The molecule has 0 aromatic heterocycles. The minimum absolute atomic E-state index is 0.00934. The Labute approximate surface area is 91.2 Å². The molecular formula is C11H21NO3. The molecule has 1 N–H and O–H groups in total. The average molecular weight is 215 g/mol. The maximum atomic E-state index is 12.0. The summed E-state index contributed by atoms with van der Waals surface area (Å²) in [7, 11) is 0. The van der Waals surface area contributed by atoms with E-state index in [0.717, 1.165) is 12.8 Å². The van der Waals surface area contributed by atoms with Crippen LogP contribution in [0.1, 0.15) is 26.7 Å². The van der Waals surface area contributed by atoms with Crippen LogP contribution in [0.2, 0.25) is 0 Å². The average Bonchev–Trinajstić information content (AvgIpc) is 2.28. The third-order valence-electron chi connectivity index (χ3n) is 2.86. The number of amides is 1. The highest BCUT2D eigenvalue weighted by atomic mass is 16.5. The number of hydrogen-bond donors (Lipinski definition) is 1. The van der Waals surface area contributed by atoms with E-state index in [2.05, 4.69) is 6.92 Å². The lowest BCUT2D eigenvalue weighted by molar-refractivity contribution is -0.145. The Morgan fingerprint density at radius 2 is 2.40 bits per heavy atom. The summed E-state index contributed by atoms with van der Waals surface area (Å²) in [4.78, 5) is 13.8. The Morgan fingerprint density at radius 3 is 3.00 bits per heavy atom. The molecule has 1 amide bonds. The van der Waals surface area contributed by atoms with E-state index >= 15 is 0 Å². The number of hydrogen-bond acceptors (Lipinski definition) is 3. The van der Waals surface area contributed by atoms with Gasteiger partial charge in [-0.1, -0.05) is 20.3 Å². The van der Waals surface area contributed by atoms with Crippen molar-refractivity contribution in [1.29, 1.82) is 0 Å². The van der Waals surface area contributed by atoms with Gasteiger partial charge in [0, 0.05) is 12.5 Å². The molecule has 15 heavy (non-hydrogen) atoms. The van der Waals surface area contributed by atoms with Gasteiger partial charge in [0.1, 0.15) is 0 Å². The van der Waals surface area contributed by atoms with Crippen LogP contribution in [0.4, 0.5) is 0 Å². The third-order valence-corrected chi connectivity index (χ3v) is 2.86. The maximum absolute atomic E-state index is 12.0. The van der Waals surface area contributed by atoms with Gasteiger partial charge in [0.2, 0.25) is 5.91 Å². The van der Waals surface area contributed by atoms with Crippen LogP contribution in [0, 0.1) is 5.92 Å². The minimum atomic E-state index is -0.148. The zero-order valence-electron chi connectivity index (χ0n) is 9.61. The van der Waals surface area contributed by atoms with Crippen molar-refractivity contribution in [3.05, 3.63) is 0 Å². The van der Waals surface area contributed by atoms with Crippen molar-refractivity contribution in [1.82, 2.24) is 4.90 Å². The smallest absolute Gasteiger partial charge is 0.225 e. The summed E-state index contributed by atoms with van der Waals surface area (Å²) in [5, 5.41) is 9.15. The van der Waals surface area contributed by atoms with E-state index in [1.54, 1.807) is 4.90 Å². The SMILES string of the molecule is CCCC(C)C(=O)N1CCOCC1CO. The number of carbonyl (C=O) groups excluding carboxylic acids is 1. The summed E-state index contributed by atoms with van der Waals surface area (Å²) in [6.45, 7) is 5.67. The molecular weight excluding hydrogens is 194 g/mol. The van der Waals surface area contributed by atoms with Gasteiger partial charge in [-0.15, -0.1) is 0 Å². The van der Waals surface area contributed by atoms with Crippen LogP contribution >= 0.6 is 0 Å². The summed E-state index contributed by atoms with van der Waals surface area (Å²) in [6.07, 6.45) is 1.93. The summed E-state index contributed by atoms with van der Waals surface area (Å²) in [5.41, 5.74) is 0. The van der Waals surface area contributed by atoms with E-state index in [9.17, 15) is 4.79 Å². The van der Waals surface area contributed by atoms with E-state index in [-0.39, 0.29) is 24.5 Å². The zero-order chi connectivity index (χ0) is 11.3. The lowest BCUT2D eigenvalue weighted by Crippen LogP contribution is -2.52. The van der Waals surface area contributed by atoms with Crippen LogP contribution in [0.3, 0.4) is 0 Å². The van der Waals surface area contributed by atoms with Gasteiger partial charge >= 0.3 is 0 Å². The van der Waals surface area contributed by atoms with Gasteiger partial charge in [0.15, 0.2) is 0 Å². The molecule has 0 aliphatic carbocycles. The molecule has 0 radical (unpaired) electrons. The van der Waals surface area contributed by atoms with Crippen molar-refractivity contribution in [2.24, 2.45) is 5.92 Å². The number of rotatable bonds is 4. The molecule has 88 valence electrons. The number of morpholine rings is 1. The number of aliphatic hydroxyl groups is 1. The molecule has 1 aliphatic heterocycles. The third kappa shape index (κ3) is 3.18. The van der Waals surface area contributed by atoms with Crippen molar-refractivity contribution in [3.8, 4) is 0 Å². The van der Waals surface area contributed by atoms with Crippen molar-refractivity contribution in [3.63, 3.8) is 0 Å². The number of nitrogens with zero attached hydrogens (tertiary/aromatic N) is 1. The van der Waals surface area contributed by atoms with Crippen LogP contribution in [0.5, 0.6) is 0 Å². The van der Waals surface area contributed by atoms with Gasteiger partial charge in [0.05, 0.1) is 25.9 Å². The Balaban J connectivity index is 2.55. The second kappa shape index (κ2) is 6.08. The van der Waals surface area contributed by atoms with Gasteiger partial charge < -0.3 is 14.7 Å². The van der Waals surface area contributed by atoms with Crippen molar-refractivity contribution in [2.45, 2.75) is 32.7 Å². The second-order valence-corrected chi connectivity index (χ2v) is 4.13. The van der Waals surface area contributed by atoms with Crippen molar-refractivity contribution >= 4 is 5.91 Å². The van der Waals surface area contributed by atoms with Crippen molar-refractivity contribution < 1.29 is 14.6 Å². The quantitative estimate of drug-likeness (QED) is 0.749. The lowest BCUT2D eigenvalue weighted by Gasteiger charge is -2.36. The molecule has 4 heteroatoms. The number of carbonyl (C=O) groups is 1. The fourth-order valence-corrected chi connectivity index (χ4v) is 1.94. The summed E-state index contributed by atoms with van der Waals surface area (Å²) in [5.74, 6) is 0.210. The molecule has 1 fully saturated rings. The first-order valence-electron chi connectivity index (χ1n) is 5.69. The molecule has 2 unspecified atom stereocenters. The fourth-order valence-electron chi connectivity index (χ4n) is 1.94. The van der Waals surface area contributed by atoms with Crippen LogP contribution in [0.25, 0.3) is 0 Å². The normalized spacial score (nSPS) is 23.9. The summed E-state index contributed by atoms with van der Waals surface area (Å²) < 4.78 is 5.24. The van der Waals surface area contributed by atoms with Crippen molar-refractivity contribution in [2.75, 3.05) is 26.4 Å². The second-order valence-electron chi connectivity index (χ2n) is 4.13. The van der Waals surface area contributed by atoms with Crippen LogP contribution in [-0.2, 0) is 9.53 Å². The predicted octanol–water partition coefficient (Wildman–Crippen LogP) is 0.642. The Bertz CT molecular complexity index is 208. The van der Waals surface area contributed by atoms with Gasteiger partial charge in [0.25, 0.3) is 0 Å². The Hall–Kier alpha value is -0.610. The van der Waals surface area contributed by atoms with Crippen LogP contribution in [0.15, 0.2) is 0 Å². The zero-order valence-corrected chi connectivity index (χ0v) is 9.61. The highest BCUT2D eigenvalue weighted by Crippen LogP contribution is 2.14. The molecule has 2 atom stereocenters. The van der Waals surface area contributed by atoms with E-state index in [1.165, 1.54) is 0 Å². The molecule has 0 spiro atoms. The first kappa shape index (κ1) is 12.5. The number of ether oxygens (including phenoxy) is 1. The molecule has 0 saturated carbocycles. The molecule has 1 rings (SSSR count). The molecule has 0 aromatic rings. The van der Waals surface area contributed by atoms with Gasteiger partial charge in [-0.05, 0) is 6.42 Å². The van der Waals surface area contributed by atoms with Gasteiger partial charge in [-0.2, -0.15) is 0 Å². The maximum Gasteiger partial charge on any atom is 0.225 e. The van der Waals surface area contributed by atoms with E-state index in [0.29, 0.717) is 19.8 Å². The Morgan fingerprint density at radius 1 is 1.67 bits per heavy atom. The van der Waals surface area contributed by atoms with E-state index in [1.807, 2.05) is 6.92 Å². The molecule has 1 aliphatic rings. The lowest BCUT2D eigenvalue weighted by atomic mass is 10.0. The van der Waals surface area contributed by atoms with Gasteiger partial charge in [-0.25, -0.2) is 0 Å². The standard InChI is InChI=1S/C11H21NO3/c1-3-4-9(2)11(14)12-5-6-15-8-10(12)7-13/h9-10,13H,3-8H2,1-2H3. The minimum Gasteiger partial charge on any atom is -0.394 e. The first-order valence-corrected chi connectivity index (χ1v) is 5.69. The van der Waals surface area contributed by atoms with E-state index in [4.69, 9.17) is 9.84 Å². The molecule has 1 heterocycles. The molecule has 0 aromatic carbocycles. The largest absolute Gasteiger partial charge is 0.394 e. The summed E-state index contributed by atoms with van der Waals surface area (Å²) >= 11 is 0. The van der Waals surface area contributed by atoms with E-state index < -0.39 is 0 Å². The molecule has 1 saturated heterocycles. The molecule has 4 nitrogen and oxygen atoms in total. The highest BCUT2D eigenvalue weighted by molar-refractivity contribution is 5.78. The fraction of sp³-hybridized carbons (Fsp3) is 0.909. The number of aliphatic hydroxyl groups excluding tert-OH is 1.